The molecule has 0 heterocycles. The molecule has 4 heteroatoms. The lowest BCUT2D eigenvalue weighted by atomic mass is 9.77. The smallest absolute Gasteiger partial charge is 0.221 e. The first kappa shape index (κ1) is 13.8. The van der Waals surface area contributed by atoms with Gasteiger partial charge in [-0.25, -0.2) is 0 Å². The predicted molar refractivity (Wildman–Crippen MR) is 68.6 cm³/mol. The van der Waals surface area contributed by atoms with Crippen LogP contribution in [0.3, 0.4) is 0 Å². The lowest BCUT2D eigenvalue weighted by Gasteiger charge is -2.39. The van der Waals surface area contributed by atoms with E-state index in [9.17, 15) is 9.90 Å². The topological polar surface area (TPSA) is 49.3 Å². The highest BCUT2D eigenvalue weighted by Crippen LogP contribution is 2.31. The van der Waals surface area contributed by atoms with Crippen molar-refractivity contribution in [1.29, 1.82) is 0 Å². The molecule has 1 amide bonds. The Morgan fingerprint density at radius 2 is 2.38 bits per heavy atom. The fraction of sp³-hybridized carbons (Fsp3) is 0.917. The Kier molecular flexibility index (Phi) is 5.62. The van der Waals surface area contributed by atoms with Gasteiger partial charge in [0.15, 0.2) is 0 Å². The maximum Gasteiger partial charge on any atom is 0.221 e. The number of hydrogen-bond donors (Lipinski definition) is 2. The Morgan fingerprint density at radius 1 is 1.62 bits per heavy atom. The zero-order chi connectivity index (χ0) is 12.0. The van der Waals surface area contributed by atoms with Gasteiger partial charge in [-0.05, 0) is 25.0 Å². The molecule has 0 bridgehead atoms. The van der Waals surface area contributed by atoms with Gasteiger partial charge in [0, 0.05) is 12.2 Å². The minimum atomic E-state index is -0.340. The molecule has 16 heavy (non-hydrogen) atoms. The van der Waals surface area contributed by atoms with Gasteiger partial charge in [-0.2, -0.15) is 11.8 Å². The van der Waals surface area contributed by atoms with Crippen molar-refractivity contribution < 1.29 is 9.90 Å². The quantitative estimate of drug-likeness (QED) is 0.776. The molecule has 1 aliphatic rings. The van der Waals surface area contributed by atoms with Gasteiger partial charge in [0.1, 0.15) is 0 Å². The van der Waals surface area contributed by atoms with Gasteiger partial charge in [0.25, 0.3) is 0 Å². The molecule has 2 unspecified atom stereocenters. The molecular formula is C12H23NO2S. The van der Waals surface area contributed by atoms with Crippen LogP contribution in [0.25, 0.3) is 0 Å². The van der Waals surface area contributed by atoms with Crippen LogP contribution in [-0.4, -0.2) is 35.2 Å². The van der Waals surface area contributed by atoms with Crippen molar-refractivity contribution in [3.05, 3.63) is 0 Å². The van der Waals surface area contributed by atoms with Crippen molar-refractivity contribution in [2.45, 2.75) is 44.6 Å². The van der Waals surface area contributed by atoms with Crippen molar-refractivity contribution in [3.63, 3.8) is 0 Å². The minimum Gasteiger partial charge on any atom is -0.394 e. The van der Waals surface area contributed by atoms with Crippen molar-refractivity contribution in [2.75, 3.05) is 18.6 Å². The van der Waals surface area contributed by atoms with Crippen LogP contribution in [0.5, 0.6) is 0 Å². The minimum absolute atomic E-state index is 0.0718. The van der Waals surface area contributed by atoms with E-state index < -0.39 is 0 Å². The lowest BCUT2D eigenvalue weighted by Crippen LogP contribution is -2.53. The van der Waals surface area contributed by atoms with Crippen LogP contribution in [0.4, 0.5) is 0 Å². The summed E-state index contributed by atoms with van der Waals surface area (Å²) in [5.41, 5.74) is -0.340. The van der Waals surface area contributed by atoms with Crippen molar-refractivity contribution >= 4 is 17.7 Å². The number of thioether (sulfide) groups is 1. The molecule has 1 saturated carbocycles. The Bertz CT molecular complexity index is 235. The van der Waals surface area contributed by atoms with E-state index >= 15 is 0 Å². The molecular weight excluding hydrogens is 222 g/mol. The van der Waals surface area contributed by atoms with E-state index in [1.807, 2.05) is 6.26 Å². The number of aliphatic hydroxyl groups excluding tert-OH is 1. The Morgan fingerprint density at radius 3 is 2.94 bits per heavy atom. The highest BCUT2D eigenvalue weighted by Gasteiger charge is 2.35. The number of aliphatic hydroxyl groups is 1. The summed E-state index contributed by atoms with van der Waals surface area (Å²) in [6.45, 7) is 2.26. The van der Waals surface area contributed by atoms with Gasteiger partial charge in [0.05, 0.1) is 12.1 Å². The molecule has 2 N–H and O–H groups in total. The van der Waals surface area contributed by atoms with Gasteiger partial charge in [-0.3, -0.25) is 4.79 Å². The lowest BCUT2D eigenvalue weighted by molar-refractivity contribution is -0.124. The van der Waals surface area contributed by atoms with Crippen LogP contribution in [0, 0.1) is 5.92 Å². The normalized spacial score (nSPS) is 30.1. The molecule has 0 aromatic heterocycles. The first-order chi connectivity index (χ1) is 7.62. The zero-order valence-corrected chi connectivity index (χ0v) is 11.1. The summed E-state index contributed by atoms with van der Waals surface area (Å²) < 4.78 is 0. The molecule has 0 saturated heterocycles. The van der Waals surface area contributed by atoms with E-state index in [0.717, 1.165) is 25.0 Å². The van der Waals surface area contributed by atoms with Crippen molar-refractivity contribution in [1.82, 2.24) is 5.32 Å². The molecule has 0 radical (unpaired) electrons. The molecule has 0 aromatic rings. The Hall–Kier alpha value is -0.220. The van der Waals surface area contributed by atoms with Crippen molar-refractivity contribution in [2.24, 2.45) is 5.92 Å². The molecule has 3 nitrogen and oxygen atoms in total. The summed E-state index contributed by atoms with van der Waals surface area (Å²) >= 11 is 1.68. The number of hydrogen-bond acceptors (Lipinski definition) is 3. The van der Waals surface area contributed by atoms with Crippen LogP contribution < -0.4 is 5.32 Å². The van der Waals surface area contributed by atoms with Gasteiger partial charge in [-0.15, -0.1) is 0 Å². The largest absolute Gasteiger partial charge is 0.394 e. The van der Waals surface area contributed by atoms with Gasteiger partial charge >= 0.3 is 0 Å². The van der Waals surface area contributed by atoms with E-state index in [2.05, 4.69) is 12.2 Å². The van der Waals surface area contributed by atoms with Gasteiger partial charge in [0.2, 0.25) is 5.91 Å². The van der Waals surface area contributed by atoms with Crippen LogP contribution >= 0.6 is 11.8 Å². The third-order valence-corrected chi connectivity index (χ3v) is 3.94. The number of rotatable bonds is 5. The van der Waals surface area contributed by atoms with E-state index in [1.54, 1.807) is 11.8 Å². The summed E-state index contributed by atoms with van der Waals surface area (Å²) in [7, 11) is 0. The molecule has 1 aliphatic carbocycles. The third kappa shape index (κ3) is 3.98. The third-order valence-electron chi connectivity index (χ3n) is 3.33. The highest BCUT2D eigenvalue weighted by molar-refractivity contribution is 7.98. The summed E-state index contributed by atoms with van der Waals surface area (Å²) in [5.74, 6) is 1.53. The second-order valence-electron chi connectivity index (χ2n) is 4.93. The monoisotopic (exact) mass is 245 g/mol. The fourth-order valence-corrected chi connectivity index (χ4v) is 2.90. The zero-order valence-electron chi connectivity index (χ0n) is 10.3. The first-order valence-corrected chi connectivity index (χ1v) is 7.42. The SMILES string of the molecule is CSCCC(=O)NC1(CO)CCCC(C)C1. The fourth-order valence-electron chi connectivity index (χ4n) is 2.51. The molecule has 0 aromatic carbocycles. The Balaban J connectivity index is 2.49. The molecule has 1 rings (SSSR count). The standard InChI is InChI=1S/C12H23NO2S/c1-10-4-3-6-12(8-10,9-14)13-11(15)5-7-16-2/h10,14H,3-9H2,1-2H3,(H,13,15). The van der Waals surface area contributed by atoms with E-state index in [4.69, 9.17) is 0 Å². The highest BCUT2D eigenvalue weighted by atomic mass is 32.2. The summed E-state index contributed by atoms with van der Waals surface area (Å²) in [5, 5.41) is 12.6. The number of nitrogens with one attached hydrogen (secondary N) is 1. The molecule has 1 fully saturated rings. The van der Waals surface area contributed by atoms with E-state index in [-0.39, 0.29) is 18.1 Å². The predicted octanol–water partition coefficient (Wildman–Crippen LogP) is 1.80. The summed E-state index contributed by atoms with van der Waals surface area (Å²) in [6.07, 6.45) is 6.69. The van der Waals surface area contributed by atoms with Crippen LogP contribution in [0.1, 0.15) is 39.0 Å². The van der Waals surface area contributed by atoms with Gasteiger partial charge < -0.3 is 10.4 Å². The molecule has 94 valence electrons. The second-order valence-corrected chi connectivity index (χ2v) is 5.92. The molecule has 0 spiro atoms. The van der Waals surface area contributed by atoms with E-state index in [0.29, 0.717) is 12.3 Å². The maximum atomic E-state index is 11.7. The first-order valence-electron chi connectivity index (χ1n) is 6.03. The number of carbonyl (C=O) groups is 1. The van der Waals surface area contributed by atoms with Crippen LogP contribution in [0.15, 0.2) is 0 Å². The van der Waals surface area contributed by atoms with E-state index in [1.165, 1.54) is 6.42 Å². The average molecular weight is 245 g/mol. The number of amides is 1. The van der Waals surface area contributed by atoms with Crippen LogP contribution in [0.2, 0.25) is 0 Å². The van der Waals surface area contributed by atoms with Crippen LogP contribution in [-0.2, 0) is 4.79 Å². The second kappa shape index (κ2) is 6.50. The molecule has 2 atom stereocenters. The summed E-state index contributed by atoms with van der Waals surface area (Å²) in [6, 6.07) is 0. The van der Waals surface area contributed by atoms with Crippen molar-refractivity contribution in [3.8, 4) is 0 Å². The maximum absolute atomic E-state index is 11.7. The number of carbonyl (C=O) groups excluding carboxylic acids is 1. The summed E-state index contributed by atoms with van der Waals surface area (Å²) in [4.78, 5) is 11.7. The average Bonchev–Trinajstić information content (AvgIpc) is 2.26. The molecule has 0 aliphatic heterocycles. The Labute approximate surface area is 102 Å². The van der Waals surface area contributed by atoms with Gasteiger partial charge in [-0.1, -0.05) is 19.8 Å².